The Hall–Kier alpha value is -2.14. The molecule has 0 aliphatic carbocycles. The predicted molar refractivity (Wildman–Crippen MR) is 77.2 cm³/mol. The molecular formula is C16H18N2O3. The summed E-state index contributed by atoms with van der Waals surface area (Å²) >= 11 is 0. The van der Waals surface area contributed by atoms with E-state index in [1.807, 2.05) is 18.2 Å². The maximum Gasteiger partial charge on any atom is 0.336 e. The molecular weight excluding hydrogens is 268 g/mol. The highest BCUT2D eigenvalue weighted by atomic mass is 16.5. The second-order valence-corrected chi connectivity index (χ2v) is 5.44. The number of hydrogen-bond acceptors (Lipinski definition) is 4. The van der Waals surface area contributed by atoms with Gasteiger partial charge in [-0.1, -0.05) is 23.4 Å². The van der Waals surface area contributed by atoms with Crippen LogP contribution in [-0.2, 0) is 6.54 Å². The summed E-state index contributed by atoms with van der Waals surface area (Å²) in [5.41, 5.74) is 2.31. The van der Waals surface area contributed by atoms with Crippen molar-refractivity contribution in [2.75, 3.05) is 13.1 Å². The molecule has 1 aromatic heterocycles. The standard InChI is InChI=1S/C16H18N2O3/c19-16(20)14-4-2-1-3-13(14)11-18-8-5-12(6-9-18)15-7-10-21-17-15/h1-4,7,10,12H,5-6,8-9,11H2,(H,19,20). The van der Waals surface area contributed by atoms with Crippen LogP contribution in [0.25, 0.3) is 0 Å². The average molecular weight is 286 g/mol. The zero-order chi connectivity index (χ0) is 14.7. The van der Waals surface area contributed by atoms with Gasteiger partial charge in [0.05, 0.1) is 11.3 Å². The van der Waals surface area contributed by atoms with E-state index < -0.39 is 5.97 Å². The van der Waals surface area contributed by atoms with Gasteiger partial charge in [-0.3, -0.25) is 4.90 Å². The van der Waals surface area contributed by atoms with Crippen molar-refractivity contribution >= 4 is 5.97 Å². The summed E-state index contributed by atoms with van der Waals surface area (Å²) < 4.78 is 4.90. The molecule has 0 unspecified atom stereocenters. The van der Waals surface area contributed by atoms with Gasteiger partial charge in [-0.05, 0) is 37.6 Å². The maximum absolute atomic E-state index is 11.2. The van der Waals surface area contributed by atoms with E-state index in [0.29, 0.717) is 18.0 Å². The van der Waals surface area contributed by atoms with E-state index in [0.717, 1.165) is 37.2 Å². The molecule has 21 heavy (non-hydrogen) atoms. The van der Waals surface area contributed by atoms with Gasteiger partial charge < -0.3 is 9.63 Å². The first-order valence-corrected chi connectivity index (χ1v) is 7.18. The van der Waals surface area contributed by atoms with Gasteiger partial charge in [0.2, 0.25) is 0 Å². The molecule has 0 spiro atoms. The van der Waals surface area contributed by atoms with Crippen LogP contribution < -0.4 is 0 Å². The third-order valence-corrected chi connectivity index (χ3v) is 4.11. The number of carboxylic acids is 1. The van der Waals surface area contributed by atoms with Gasteiger partial charge in [0.1, 0.15) is 6.26 Å². The molecule has 0 radical (unpaired) electrons. The minimum Gasteiger partial charge on any atom is -0.478 e. The largest absolute Gasteiger partial charge is 0.478 e. The summed E-state index contributed by atoms with van der Waals surface area (Å²) in [6, 6.07) is 9.15. The second kappa shape index (κ2) is 6.10. The SMILES string of the molecule is O=C(O)c1ccccc1CN1CCC(c2ccon2)CC1. The van der Waals surface area contributed by atoms with Crippen LogP contribution >= 0.6 is 0 Å². The Balaban J connectivity index is 1.62. The van der Waals surface area contributed by atoms with E-state index in [4.69, 9.17) is 4.52 Å². The van der Waals surface area contributed by atoms with Gasteiger partial charge in [0.25, 0.3) is 0 Å². The Kier molecular flexibility index (Phi) is 4.01. The molecule has 3 rings (SSSR count). The van der Waals surface area contributed by atoms with Gasteiger partial charge in [0, 0.05) is 18.5 Å². The van der Waals surface area contributed by atoms with Crippen LogP contribution in [-0.4, -0.2) is 34.2 Å². The first-order valence-electron chi connectivity index (χ1n) is 7.18. The molecule has 0 saturated carbocycles. The topological polar surface area (TPSA) is 66.6 Å². The lowest BCUT2D eigenvalue weighted by Crippen LogP contribution is -2.33. The fourth-order valence-electron chi connectivity index (χ4n) is 2.93. The maximum atomic E-state index is 11.2. The van der Waals surface area contributed by atoms with Crippen LogP contribution in [0.3, 0.4) is 0 Å². The van der Waals surface area contributed by atoms with Crippen LogP contribution in [0.15, 0.2) is 41.1 Å². The van der Waals surface area contributed by atoms with Gasteiger partial charge in [-0.15, -0.1) is 0 Å². The Morgan fingerprint density at radius 2 is 2.05 bits per heavy atom. The van der Waals surface area contributed by atoms with Crippen LogP contribution in [0.4, 0.5) is 0 Å². The number of benzene rings is 1. The number of aromatic carboxylic acids is 1. The molecule has 0 bridgehead atoms. The number of aromatic nitrogens is 1. The molecule has 1 saturated heterocycles. The molecule has 2 aromatic rings. The Labute approximate surface area is 123 Å². The summed E-state index contributed by atoms with van der Waals surface area (Å²) in [6.45, 7) is 2.59. The fraction of sp³-hybridized carbons (Fsp3) is 0.375. The normalized spacial score (nSPS) is 17.0. The predicted octanol–water partition coefficient (Wildman–Crippen LogP) is 2.75. The number of nitrogens with zero attached hydrogens (tertiary/aromatic N) is 2. The van der Waals surface area contributed by atoms with Crippen LogP contribution in [0.1, 0.15) is 40.4 Å². The van der Waals surface area contributed by atoms with E-state index in [2.05, 4.69) is 10.1 Å². The van der Waals surface area contributed by atoms with Crippen LogP contribution in [0, 0.1) is 0 Å². The van der Waals surface area contributed by atoms with Gasteiger partial charge in [0.15, 0.2) is 0 Å². The highest BCUT2D eigenvalue weighted by Crippen LogP contribution is 2.27. The molecule has 1 aliphatic heterocycles. The van der Waals surface area contributed by atoms with Crippen molar-refractivity contribution < 1.29 is 14.4 Å². The summed E-state index contributed by atoms with van der Waals surface area (Å²) in [6.07, 6.45) is 3.67. The summed E-state index contributed by atoms with van der Waals surface area (Å²) in [7, 11) is 0. The van der Waals surface area contributed by atoms with Gasteiger partial charge in [-0.2, -0.15) is 0 Å². The monoisotopic (exact) mass is 286 g/mol. The molecule has 0 atom stereocenters. The average Bonchev–Trinajstić information content (AvgIpc) is 3.03. The summed E-state index contributed by atoms with van der Waals surface area (Å²) in [5, 5.41) is 13.2. The zero-order valence-electron chi connectivity index (χ0n) is 11.7. The van der Waals surface area contributed by atoms with E-state index in [-0.39, 0.29) is 0 Å². The van der Waals surface area contributed by atoms with Crippen molar-refractivity contribution in [3.8, 4) is 0 Å². The van der Waals surface area contributed by atoms with Crippen molar-refractivity contribution in [3.05, 3.63) is 53.4 Å². The highest BCUT2D eigenvalue weighted by Gasteiger charge is 2.23. The lowest BCUT2D eigenvalue weighted by molar-refractivity contribution is 0.0694. The highest BCUT2D eigenvalue weighted by molar-refractivity contribution is 5.89. The number of carbonyl (C=O) groups is 1. The Morgan fingerprint density at radius 3 is 2.71 bits per heavy atom. The molecule has 1 aliphatic rings. The fourth-order valence-corrected chi connectivity index (χ4v) is 2.93. The van der Waals surface area contributed by atoms with Crippen molar-refractivity contribution in [2.45, 2.75) is 25.3 Å². The summed E-state index contributed by atoms with van der Waals surface area (Å²) in [4.78, 5) is 13.5. The molecule has 110 valence electrons. The summed E-state index contributed by atoms with van der Waals surface area (Å²) in [5.74, 6) is -0.405. The van der Waals surface area contributed by atoms with Gasteiger partial charge >= 0.3 is 5.97 Å². The van der Waals surface area contributed by atoms with E-state index >= 15 is 0 Å². The first-order chi connectivity index (χ1) is 10.2. The van der Waals surface area contributed by atoms with Crippen LogP contribution in [0.2, 0.25) is 0 Å². The molecule has 1 N–H and O–H groups in total. The smallest absolute Gasteiger partial charge is 0.336 e. The van der Waals surface area contributed by atoms with E-state index in [9.17, 15) is 9.90 Å². The molecule has 1 fully saturated rings. The molecule has 5 nitrogen and oxygen atoms in total. The third-order valence-electron chi connectivity index (χ3n) is 4.11. The van der Waals surface area contributed by atoms with E-state index in [1.54, 1.807) is 18.4 Å². The molecule has 5 heteroatoms. The number of likely N-dealkylation sites (tertiary alicyclic amines) is 1. The zero-order valence-corrected chi connectivity index (χ0v) is 11.7. The van der Waals surface area contributed by atoms with Crippen molar-refractivity contribution in [2.24, 2.45) is 0 Å². The molecule has 0 amide bonds. The second-order valence-electron chi connectivity index (χ2n) is 5.44. The van der Waals surface area contributed by atoms with Crippen molar-refractivity contribution in [1.82, 2.24) is 10.1 Å². The third kappa shape index (κ3) is 3.13. The molecule has 1 aromatic carbocycles. The Bertz CT molecular complexity index is 602. The number of rotatable bonds is 4. The first kappa shape index (κ1) is 13.8. The van der Waals surface area contributed by atoms with Gasteiger partial charge in [-0.25, -0.2) is 4.79 Å². The number of hydrogen-bond donors (Lipinski definition) is 1. The minimum atomic E-state index is -0.858. The lowest BCUT2D eigenvalue weighted by atomic mass is 9.93. The quantitative estimate of drug-likeness (QED) is 0.936. The van der Waals surface area contributed by atoms with E-state index in [1.165, 1.54) is 0 Å². The number of piperidine rings is 1. The number of carboxylic acid groups (broad SMARTS) is 1. The Morgan fingerprint density at radius 1 is 1.29 bits per heavy atom. The lowest BCUT2D eigenvalue weighted by Gasteiger charge is -2.31. The molecule has 2 heterocycles. The van der Waals surface area contributed by atoms with Crippen molar-refractivity contribution in [3.63, 3.8) is 0 Å². The van der Waals surface area contributed by atoms with Crippen LogP contribution in [0.5, 0.6) is 0 Å². The van der Waals surface area contributed by atoms with Crippen molar-refractivity contribution in [1.29, 1.82) is 0 Å². The minimum absolute atomic E-state index is 0.399.